The summed E-state index contributed by atoms with van der Waals surface area (Å²) >= 11 is 0. The van der Waals surface area contributed by atoms with Crippen LogP contribution in [0.2, 0.25) is 0 Å². The normalized spacial score (nSPS) is 10.8. The summed E-state index contributed by atoms with van der Waals surface area (Å²) in [5.74, 6) is 0.629. The summed E-state index contributed by atoms with van der Waals surface area (Å²) in [6, 6.07) is 3.74. The third kappa shape index (κ3) is 2.61. The second-order valence-corrected chi connectivity index (χ2v) is 4.52. The molecule has 20 heavy (non-hydrogen) atoms. The van der Waals surface area contributed by atoms with Gasteiger partial charge in [-0.15, -0.1) is 0 Å². The minimum atomic E-state index is -0.0788. The van der Waals surface area contributed by atoms with Crippen LogP contribution in [0.4, 0.5) is 0 Å². The summed E-state index contributed by atoms with van der Waals surface area (Å²) < 4.78 is 7.39. The number of ether oxygens (including phenoxy) is 1. The number of pyridine rings is 1. The summed E-state index contributed by atoms with van der Waals surface area (Å²) in [5.41, 5.74) is 2.11. The fraction of sp³-hybridized carbons (Fsp3) is 0.467. The van der Waals surface area contributed by atoms with Crippen molar-refractivity contribution in [2.45, 2.75) is 33.6 Å². The molecule has 1 amide bonds. The lowest BCUT2D eigenvalue weighted by atomic mass is 10.2. The van der Waals surface area contributed by atoms with Gasteiger partial charge in [-0.2, -0.15) is 0 Å². The van der Waals surface area contributed by atoms with Crippen LogP contribution >= 0.6 is 0 Å². The molecule has 0 unspecified atom stereocenters. The maximum atomic E-state index is 12.3. The maximum Gasteiger partial charge on any atom is 0.270 e. The van der Waals surface area contributed by atoms with Crippen molar-refractivity contribution in [1.82, 2.24) is 14.7 Å². The van der Waals surface area contributed by atoms with E-state index in [1.807, 2.05) is 43.5 Å². The second-order valence-electron chi connectivity index (χ2n) is 4.52. The van der Waals surface area contributed by atoms with Crippen LogP contribution in [0.25, 0.3) is 5.65 Å². The van der Waals surface area contributed by atoms with Gasteiger partial charge in [0.05, 0.1) is 12.3 Å². The number of rotatable bonds is 6. The van der Waals surface area contributed by atoms with Crippen LogP contribution in [0.5, 0.6) is 5.75 Å². The van der Waals surface area contributed by atoms with Gasteiger partial charge in [0.15, 0.2) is 11.4 Å². The Morgan fingerprint density at radius 3 is 2.85 bits per heavy atom. The van der Waals surface area contributed by atoms with E-state index in [0.717, 1.165) is 12.1 Å². The van der Waals surface area contributed by atoms with E-state index in [1.54, 1.807) is 0 Å². The minimum absolute atomic E-state index is 0.0788. The molecule has 2 heterocycles. The zero-order valence-electron chi connectivity index (χ0n) is 12.3. The Balaban J connectivity index is 2.52. The summed E-state index contributed by atoms with van der Waals surface area (Å²) in [5, 5.41) is 2.91. The fourth-order valence-electron chi connectivity index (χ4n) is 2.17. The third-order valence-electron chi connectivity index (χ3n) is 3.07. The van der Waals surface area contributed by atoms with Gasteiger partial charge in [0.25, 0.3) is 5.91 Å². The number of carbonyl (C=O) groups is 1. The number of amides is 1. The number of carbonyl (C=O) groups excluding carboxylic acids is 1. The van der Waals surface area contributed by atoms with Crippen LogP contribution in [0.15, 0.2) is 18.3 Å². The molecule has 0 aromatic carbocycles. The molecular formula is C15H21N3O2. The Morgan fingerprint density at radius 2 is 2.20 bits per heavy atom. The molecule has 0 aliphatic rings. The average molecular weight is 275 g/mol. The van der Waals surface area contributed by atoms with Gasteiger partial charge in [-0.05, 0) is 31.9 Å². The highest BCUT2D eigenvalue weighted by molar-refractivity contribution is 5.95. The van der Waals surface area contributed by atoms with Crippen molar-refractivity contribution in [3.05, 3.63) is 29.7 Å². The van der Waals surface area contributed by atoms with E-state index in [1.165, 1.54) is 0 Å². The number of hydrogen-bond acceptors (Lipinski definition) is 3. The van der Waals surface area contributed by atoms with Gasteiger partial charge in [0, 0.05) is 12.7 Å². The quantitative estimate of drug-likeness (QED) is 0.881. The van der Waals surface area contributed by atoms with Gasteiger partial charge < -0.3 is 10.1 Å². The van der Waals surface area contributed by atoms with E-state index in [9.17, 15) is 4.79 Å². The second kappa shape index (κ2) is 6.41. The van der Waals surface area contributed by atoms with Crippen molar-refractivity contribution in [3.63, 3.8) is 0 Å². The Hall–Kier alpha value is -2.04. The third-order valence-corrected chi connectivity index (χ3v) is 3.07. The van der Waals surface area contributed by atoms with Crippen molar-refractivity contribution >= 4 is 11.6 Å². The smallest absolute Gasteiger partial charge is 0.270 e. The molecule has 0 saturated carbocycles. The van der Waals surface area contributed by atoms with Crippen LogP contribution in [-0.4, -0.2) is 28.4 Å². The van der Waals surface area contributed by atoms with Crippen molar-refractivity contribution < 1.29 is 9.53 Å². The first-order valence-electron chi connectivity index (χ1n) is 7.13. The minimum Gasteiger partial charge on any atom is -0.490 e. The number of aromatic nitrogens is 2. The van der Waals surface area contributed by atoms with Crippen molar-refractivity contribution in [1.29, 1.82) is 0 Å². The van der Waals surface area contributed by atoms with Crippen LogP contribution < -0.4 is 10.1 Å². The lowest BCUT2D eigenvalue weighted by Crippen LogP contribution is -2.26. The first-order valence-corrected chi connectivity index (χ1v) is 7.13. The Labute approximate surface area is 119 Å². The number of nitrogens with zero attached hydrogens (tertiary/aromatic N) is 2. The van der Waals surface area contributed by atoms with Crippen LogP contribution in [0, 0.1) is 0 Å². The largest absolute Gasteiger partial charge is 0.490 e. The number of imidazole rings is 1. The van der Waals surface area contributed by atoms with Gasteiger partial charge in [-0.1, -0.05) is 13.8 Å². The van der Waals surface area contributed by atoms with Crippen LogP contribution in [0.1, 0.15) is 43.4 Å². The molecule has 108 valence electrons. The number of fused-ring (bicyclic) bond motifs is 1. The first-order chi connectivity index (χ1) is 9.72. The topological polar surface area (TPSA) is 55.6 Å². The van der Waals surface area contributed by atoms with Gasteiger partial charge >= 0.3 is 0 Å². The highest BCUT2D eigenvalue weighted by Crippen LogP contribution is 2.22. The van der Waals surface area contributed by atoms with Crippen molar-refractivity contribution in [2.75, 3.05) is 13.2 Å². The van der Waals surface area contributed by atoms with E-state index >= 15 is 0 Å². The van der Waals surface area contributed by atoms with Gasteiger partial charge in [-0.3, -0.25) is 9.20 Å². The summed E-state index contributed by atoms with van der Waals surface area (Å²) in [7, 11) is 0. The van der Waals surface area contributed by atoms with E-state index in [2.05, 4.69) is 10.3 Å². The molecule has 0 atom stereocenters. The van der Waals surface area contributed by atoms with Gasteiger partial charge in [0.2, 0.25) is 0 Å². The molecule has 5 heteroatoms. The van der Waals surface area contributed by atoms with E-state index < -0.39 is 0 Å². The molecule has 0 fully saturated rings. The first kappa shape index (κ1) is 14.4. The molecule has 0 saturated heterocycles. The van der Waals surface area contributed by atoms with Gasteiger partial charge in [0.1, 0.15) is 5.69 Å². The van der Waals surface area contributed by atoms with Crippen molar-refractivity contribution in [2.24, 2.45) is 0 Å². The molecule has 2 aromatic heterocycles. The zero-order chi connectivity index (χ0) is 14.5. The number of hydrogen-bond donors (Lipinski definition) is 1. The van der Waals surface area contributed by atoms with E-state index in [4.69, 9.17) is 4.74 Å². The summed E-state index contributed by atoms with van der Waals surface area (Å²) in [6.07, 6.45) is 3.47. The van der Waals surface area contributed by atoms with E-state index in [-0.39, 0.29) is 5.91 Å². The number of nitrogens with one attached hydrogen (secondary N) is 1. The lowest BCUT2D eigenvalue weighted by molar-refractivity contribution is 0.0947. The highest BCUT2D eigenvalue weighted by atomic mass is 16.5. The van der Waals surface area contributed by atoms with Crippen molar-refractivity contribution in [3.8, 4) is 5.75 Å². The molecule has 0 aliphatic heterocycles. The molecule has 0 spiro atoms. The molecule has 0 bridgehead atoms. The molecule has 5 nitrogen and oxygen atoms in total. The lowest BCUT2D eigenvalue weighted by Gasteiger charge is -2.07. The SMILES string of the molecule is CCCNC(=O)c1c(CC)nc2c(OCC)cccn12. The van der Waals surface area contributed by atoms with Crippen LogP contribution in [0.3, 0.4) is 0 Å². The Bertz CT molecular complexity index is 604. The van der Waals surface area contributed by atoms with Gasteiger partial charge in [-0.25, -0.2) is 4.98 Å². The monoisotopic (exact) mass is 275 g/mol. The molecule has 0 radical (unpaired) electrons. The molecule has 0 aliphatic carbocycles. The molecule has 1 N–H and O–H groups in total. The Morgan fingerprint density at radius 1 is 1.40 bits per heavy atom. The predicted molar refractivity (Wildman–Crippen MR) is 78.4 cm³/mol. The zero-order valence-corrected chi connectivity index (χ0v) is 12.3. The fourth-order valence-corrected chi connectivity index (χ4v) is 2.17. The number of aryl methyl sites for hydroxylation is 1. The Kier molecular flexibility index (Phi) is 4.61. The van der Waals surface area contributed by atoms with Crippen LogP contribution in [-0.2, 0) is 6.42 Å². The predicted octanol–water partition coefficient (Wildman–Crippen LogP) is 2.44. The standard InChI is InChI=1S/C15H21N3O2/c1-4-9-16-15(19)13-11(5-2)17-14-12(20-6-3)8-7-10-18(13)14/h7-8,10H,4-6,9H2,1-3H3,(H,16,19). The average Bonchev–Trinajstić information content (AvgIpc) is 2.84. The van der Waals surface area contributed by atoms with E-state index in [0.29, 0.717) is 36.7 Å². The highest BCUT2D eigenvalue weighted by Gasteiger charge is 2.19. The summed E-state index contributed by atoms with van der Waals surface area (Å²) in [4.78, 5) is 16.9. The molecular weight excluding hydrogens is 254 g/mol. The molecule has 2 rings (SSSR count). The molecule has 2 aromatic rings. The summed E-state index contributed by atoms with van der Waals surface area (Å²) in [6.45, 7) is 7.20. The maximum absolute atomic E-state index is 12.3.